The van der Waals surface area contributed by atoms with Gasteiger partial charge in [-0.25, -0.2) is 0 Å². The minimum Gasteiger partial charge on any atom is -0.309 e. The Hall–Kier alpha value is -5.18. The molecule has 0 N–H and O–H groups in total. The van der Waals surface area contributed by atoms with E-state index in [9.17, 15) is 0 Å². The predicted molar refractivity (Wildman–Crippen MR) is 204 cm³/mol. The van der Waals surface area contributed by atoms with Gasteiger partial charge in [0.2, 0.25) is 0 Å². The predicted octanol–water partition coefficient (Wildman–Crippen LogP) is 12.4. The van der Waals surface area contributed by atoms with E-state index < -0.39 is 5.41 Å². The monoisotopic (exact) mass is 631 g/mol. The van der Waals surface area contributed by atoms with Gasteiger partial charge in [-0.2, -0.15) is 0 Å². The van der Waals surface area contributed by atoms with E-state index in [1.165, 1.54) is 92.2 Å². The number of hydrogen-bond acceptors (Lipinski definition) is 1. The summed E-state index contributed by atoms with van der Waals surface area (Å²) in [5.41, 5.74) is 14.7. The van der Waals surface area contributed by atoms with Crippen LogP contribution in [0.1, 0.15) is 54.5 Å². The summed E-state index contributed by atoms with van der Waals surface area (Å²) in [5.74, 6) is 0. The quantitative estimate of drug-likeness (QED) is 0.170. The Morgan fingerprint density at radius 3 is 2.23 bits per heavy atom. The number of benzene rings is 6. The molecule has 3 aliphatic rings. The minimum absolute atomic E-state index is 0.206. The van der Waals surface area contributed by atoms with Gasteiger partial charge >= 0.3 is 0 Å². The van der Waals surface area contributed by atoms with Crippen molar-refractivity contribution < 1.29 is 0 Å². The Morgan fingerprint density at radius 1 is 0.604 bits per heavy atom. The Morgan fingerprint density at radius 2 is 1.31 bits per heavy atom. The highest BCUT2D eigenvalue weighted by Crippen LogP contribution is 2.63. The van der Waals surface area contributed by atoms with Gasteiger partial charge in [0, 0.05) is 42.1 Å². The molecule has 0 saturated heterocycles. The molecule has 8 aromatic rings. The molecule has 0 amide bonds. The smallest absolute Gasteiger partial charge is 0.0711 e. The molecular formula is C46H33NS. The molecule has 1 atom stereocenters. The van der Waals surface area contributed by atoms with Crippen molar-refractivity contribution in [3.63, 3.8) is 0 Å². The van der Waals surface area contributed by atoms with Crippen LogP contribution in [-0.2, 0) is 10.8 Å². The van der Waals surface area contributed by atoms with Crippen LogP contribution >= 0.6 is 11.3 Å². The lowest BCUT2D eigenvalue weighted by Crippen LogP contribution is -2.45. The summed E-state index contributed by atoms with van der Waals surface area (Å²) < 4.78 is 5.28. The van der Waals surface area contributed by atoms with Gasteiger partial charge in [-0.1, -0.05) is 123 Å². The van der Waals surface area contributed by atoms with Crippen LogP contribution in [0.25, 0.3) is 58.8 Å². The molecule has 1 nitrogen and oxygen atoms in total. The van der Waals surface area contributed by atoms with Crippen molar-refractivity contribution in [3.8, 4) is 11.1 Å². The van der Waals surface area contributed by atoms with E-state index in [-0.39, 0.29) is 5.41 Å². The van der Waals surface area contributed by atoms with Crippen molar-refractivity contribution in [1.29, 1.82) is 0 Å². The Bertz CT molecular complexity index is 2760. The average Bonchev–Trinajstić information content (AvgIpc) is 3.68. The Balaban J connectivity index is 1.32. The fourth-order valence-corrected chi connectivity index (χ4v) is 11.0. The molecule has 1 aliphatic heterocycles. The molecule has 0 saturated carbocycles. The first-order valence-electron chi connectivity index (χ1n) is 17.2. The maximum absolute atomic E-state index is 2.58. The highest BCUT2D eigenvalue weighted by atomic mass is 32.1. The molecule has 2 aromatic heterocycles. The number of thiophene rings is 1. The van der Waals surface area contributed by atoms with Gasteiger partial charge in [-0.15, -0.1) is 11.3 Å². The first-order valence-corrected chi connectivity index (χ1v) is 18.0. The zero-order chi connectivity index (χ0) is 31.8. The molecule has 2 aliphatic carbocycles. The zero-order valence-electron chi connectivity index (χ0n) is 27.0. The first-order chi connectivity index (χ1) is 23.6. The van der Waals surface area contributed by atoms with Gasteiger partial charge < -0.3 is 4.57 Å². The van der Waals surface area contributed by atoms with Gasteiger partial charge in [0.1, 0.15) is 0 Å². The van der Waals surface area contributed by atoms with E-state index in [1.807, 2.05) is 11.3 Å². The minimum atomic E-state index is -0.402. The number of rotatable bonds is 1. The largest absolute Gasteiger partial charge is 0.309 e. The van der Waals surface area contributed by atoms with Crippen molar-refractivity contribution in [2.24, 2.45) is 0 Å². The third kappa shape index (κ3) is 3.13. The molecule has 2 heteroatoms. The van der Waals surface area contributed by atoms with Crippen molar-refractivity contribution in [3.05, 3.63) is 173 Å². The van der Waals surface area contributed by atoms with Crippen LogP contribution in [0.3, 0.4) is 0 Å². The molecule has 0 fully saturated rings. The molecule has 1 unspecified atom stereocenters. The van der Waals surface area contributed by atoms with E-state index >= 15 is 0 Å². The van der Waals surface area contributed by atoms with Gasteiger partial charge in [-0.3, -0.25) is 0 Å². The van der Waals surface area contributed by atoms with E-state index in [0.717, 1.165) is 12.8 Å². The third-order valence-electron chi connectivity index (χ3n) is 11.7. The maximum atomic E-state index is 2.58. The molecule has 0 bridgehead atoms. The third-order valence-corrected chi connectivity index (χ3v) is 12.9. The molecule has 48 heavy (non-hydrogen) atoms. The molecule has 1 spiro atoms. The standard InChI is InChI=1S/C46H33NS/c1-45(2)34-17-5-6-18-35(34)46(36-19-7-9-23-40(36)47-39-22-8-3-13-30(39)32-16-12-21-38(46)44(32)47)37-20-11-15-29(43(37)45)28-25-26-42-33(27-28)31-14-4-10-24-41(31)48-42/h3-6,8-18,20-27H,7,19H2,1-2H3. The second kappa shape index (κ2) is 9.24. The van der Waals surface area contributed by atoms with Gasteiger partial charge in [0.15, 0.2) is 0 Å². The van der Waals surface area contributed by atoms with Crippen LogP contribution in [0.15, 0.2) is 145 Å². The summed E-state index contributed by atoms with van der Waals surface area (Å²) in [4.78, 5) is 0. The zero-order valence-corrected chi connectivity index (χ0v) is 27.9. The Labute approximate surface area is 284 Å². The van der Waals surface area contributed by atoms with Crippen LogP contribution in [0.4, 0.5) is 0 Å². The topological polar surface area (TPSA) is 4.93 Å². The molecule has 6 aromatic carbocycles. The molecule has 0 radical (unpaired) electrons. The molecule has 228 valence electrons. The molecule has 3 heterocycles. The van der Waals surface area contributed by atoms with Crippen molar-refractivity contribution in [2.45, 2.75) is 37.5 Å². The maximum Gasteiger partial charge on any atom is 0.0711 e. The number of nitrogens with zero attached hydrogens (tertiary/aromatic N) is 1. The van der Waals surface area contributed by atoms with Gasteiger partial charge in [0.25, 0.3) is 0 Å². The average molecular weight is 632 g/mol. The van der Waals surface area contributed by atoms with Crippen LogP contribution in [-0.4, -0.2) is 4.57 Å². The van der Waals surface area contributed by atoms with E-state index in [2.05, 4.69) is 158 Å². The highest BCUT2D eigenvalue weighted by molar-refractivity contribution is 7.25. The first kappa shape index (κ1) is 26.8. The van der Waals surface area contributed by atoms with E-state index in [4.69, 9.17) is 0 Å². The van der Waals surface area contributed by atoms with Crippen molar-refractivity contribution >= 4 is 59.0 Å². The van der Waals surface area contributed by atoms with Crippen LogP contribution in [0, 0.1) is 0 Å². The lowest BCUT2D eigenvalue weighted by atomic mass is 9.51. The lowest BCUT2D eigenvalue weighted by Gasteiger charge is -2.52. The number of aromatic nitrogens is 1. The van der Waals surface area contributed by atoms with Crippen LogP contribution in [0.2, 0.25) is 0 Å². The summed E-state index contributed by atoms with van der Waals surface area (Å²) in [7, 11) is 0. The summed E-state index contributed by atoms with van der Waals surface area (Å²) in [5, 5.41) is 5.36. The summed E-state index contributed by atoms with van der Waals surface area (Å²) in [6.45, 7) is 4.91. The summed E-state index contributed by atoms with van der Waals surface area (Å²) >= 11 is 1.89. The SMILES string of the molecule is CC1(C)c2ccccc2C2(C3=C(C=CCC3)n3c4ccccc4c4cccc2c43)c2cccc(-c3ccc4sc5ccccc5c4c3)c21. The van der Waals surface area contributed by atoms with E-state index in [1.54, 1.807) is 0 Å². The van der Waals surface area contributed by atoms with E-state index in [0.29, 0.717) is 0 Å². The second-order valence-corrected chi connectivity index (χ2v) is 15.4. The van der Waals surface area contributed by atoms with Gasteiger partial charge in [-0.05, 0) is 87.7 Å². The lowest BCUT2D eigenvalue weighted by molar-refractivity contribution is 0.544. The second-order valence-electron chi connectivity index (χ2n) is 14.3. The summed E-state index contributed by atoms with van der Waals surface area (Å²) in [6.07, 6.45) is 6.88. The number of allylic oxidation sites excluding steroid dienone is 4. The normalized spacial score (nSPS) is 19.0. The number of para-hydroxylation sites is 2. The molecule has 11 rings (SSSR count). The van der Waals surface area contributed by atoms with Crippen molar-refractivity contribution in [2.75, 3.05) is 0 Å². The number of hydrogen-bond donors (Lipinski definition) is 0. The number of fused-ring (bicyclic) bond motifs is 13. The highest BCUT2D eigenvalue weighted by Gasteiger charge is 2.54. The fourth-order valence-electron chi connectivity index (χ4n) is 9.90. The van der Waals surface area contributed by atoms with Gasteiger partial charge in [0.05, 0.1) is 16.4 Å². The Kier molecular flexibility index (Phi) is 5.17. The van der Waals surface area contributed by atoms with Crippen LogP contribution in [0.5, 0.6) is 0 Å². The van der Waals surface area contributed by atoms with Crippen molar-refractivity contribution in [1.82, 2.24) is 4.57 Å². The van der Waals surface area contributed by atoms with Crippen LogP contribution < -0.4 is 0 Å². The fraction of sp³-hybridized carbons (Fsp3) is 0.130. The molecular weight excluding hydrogens is 599 g/mol. The summed E-state index contributed by atoms with van der Waals surface area (Å²) in [6, 6.07) is 48.6.